The maximum Gasteiger partial charge on any atom is 0.256 e. The summed E-state index contributed by atoms with van der Waals surface area (Å²) in [6.45, 7) is 0. The van der Waals surface area contributed by atoms with Crippen LogP contribution in [-0.4, -0.2) is 4.98 Å². The molecule has 0 amide bonds. The number of benzene rings is 3. The molecule has 0 fully saturated rings. The van der Waals surface area contributed by atoms with E-state index in [2.05, 4.69) is 41.4 Å². The Hall–Kier alpha value is -2.65. The highest BCUT2D eigenvalue weighted by Gasteiger charge is 2.12. The predicted molar refractivity (Wildman–Crippen MR) is 95.0 cm³/mol. The van der Waals surface area contributed by atoms with Gasteiger partial charge in [0.15, 0.2) is 0 Å². The molecular weight excluding hydrogens is 290 g/mol. The van der Waals surface area contributed by atoms with E-state index in [1.807, 2.05) is 24.3 Å². The summed E-state index contributed by atoms with van der Waals surface area (Å²) in [4.78, 5) is 15.4. The number of rotatable bonds is 0. The van der Waals surface area contributed by atoms with E-state index >= 15 is 0 Å². The summed E-state index contributed by atoms with van der Waals surface area (Å²) >= 11 is 1.76. The number of para-hydroxylation sites is 1. The van der Waals surface area contributed by atoms with Crippen LogP contribution in [0.5, 0.6) is 0 Å². The molecule has 0 saturated carbocycles. The second kappa shape index (κ2) is 4.18. The van der Waals surface area contributed by atoms with Crippen LogP contribution in [0.3, 0.4) is 0 Å². The zero-order valence-electron chi connectivity index (χ0n) is 11.6. The van der Waals surface area contributed by atoms with Gasteiger partial charge in [-0.1, -0.05) is 42.5 Å². The van der Waals surface area contributed by atoms with Gasteiger partial charge in [-0.2, -0.15) is 0 Å². The molecular formula is C19H11NOS. The standard InChI is InChI=1S/C19H11NOS/c21-19-14-10-9-12-11-5-2-4-8-16(11)22-18(12)17(14)13-6-1-3-7-15(13)20-19/h1-10H,(H,20,21). The van der Waals surface area contributed by atoms with Gasteiger partial charge >= 0.3 is 0 Å². The van der Waals surface area contributed by atoms with Gasteiger partial charge in [0, 0.05) is 41.8 Å². The average molecular weight is 301 g/mol. The molecule has 5 rings (SSSR count). The van der Waals surface area contributed by atoms with Crippen molar-refractivity contribution in [2.45, 2.75) is 0 Å². The number of hydrogen-bond donors (Lipinski definition) is 1. The fraction of sp³-hybridized carbons (Fsp3) is 0. The first-order valence-corrected chi connectivity index (χ1v) is 7.99. The van der Waals surface area contributed by atoms with Gasteiger partial charge in [0.1, 0.15) is 0 Å². The van der Waals surface area contributed by atoms with E-state index in [9.17, 15) is 4.79 Å². The summed E-state index contributed by atoms with van der Waals surface area (Å²) in [5.74, 6) is 0. The lowest BCUT2D eigenvalue weighted by Crippen LogP contribution is -2.05. The molecule has 2 aromatic heterocycles. The maximum absolute atomic E-state index is 12.4. The Labute approximate surface area is 129 Å². The van der Waals surface area contributed by atoms with E-state index in [4.69, 9.17) is 0 Å². The van der Waals surface area contributed by atoms with Crippen molar-refractivity contribution in [3.8, 4) is 0 Å². The Kier molecular flexibility index (Phi) is 2.27. The lowest BCUT2D eigenvalue weighted by molar-refractivity contribution is 1.35. The second-order valence-corrected chi connectivity index (χ2v) is 6.51. The van der Waals surface area contributed by atoms with Crippen molar-refractivity contribution >= 4 is 53.2 Å². The van der Waals surface area contributed by atoms with Crippen molar-refractivity contribution in [3.63, 3.8) is 0 Å². The van der Waals surface area contributed by atoms with Gasteiger partial charge in [-0.05, 0) is 18.2 Å². The molecule has 0 aliphatic rings. The van der Waals surface area contributed by atoms with Crippen LogP contribution in [0, 0.1) is 0 Å². The topological polar surface area (TPSA) is 32.9 Å². The molecule has 2 heterocycles. The maximum atomic E-state index is 12.4. The number of aromatic nitrogens is 1. The Bertz CT molecular complexity index is 1250. The van der Waals surface area contributed by atoms with Crippen molar-refractivity contribution in [2.24, 2.45) is 0 Å². The van der Waals surface area contributed by atoms with Crippen molar-refractivity contribution in [3.05, 3.63) is 71.0 Å². The van der Waals surface area contributed by atoms with Crippen LogP contribution >= 0.6 is 11.3 Å². The van der Waals surface area contributed by atoms with E-state index in [0.29, 0.717) is 0 Å². The van der Waals surface area contributed by atoms with Crippen LogP contribution in [0.2, 0.25) is 0 Å². The number of fused-ring (bicyclic) bond motifs is 7. The molecule has 104 valence electrons. The number of thiophene rings is 1. The van der Waals surface area contributed by atoms with Gasteiger partial charge in [0.2, 0.25) is 0 Å². The third kappa shape index (κ3) is 1.46. The van der Waals surface area contributed by atoms with E-state index < -0.39 is 0 Å². The summed E-state index contributed by atoms with van der Waals surface area (Å²) < 4.78 is 2.45. The molecule has 0 aliphatic carbocycles. The quantitative estimate of drug-likeness (QED) is 0.399. The van der Waals surface area contributed by atoms with Gasteiger partial charge < -0.3 is 4.98 Å². The van der Waals surface area contributed by atoms with E-state index in [0.717, 1.165) is 21.7 Å². The minimum absolute atomic E-state index is 0.0203. The SMILES string of the molecule is O=c1[nH]c2ccccc2c2c1ccc1c3ccccc3sc12. The monoisotopic (exact) mass is 301 g/mol. The van der Waals surface area contributed by atoms with Gasteiger partial charge in [0.05, 0.1) is 0 Å². The van der Waals surface area contributed by atoms with Crippen molar-refractivity contribution in [1.29, 1.82) is 0 Å². The van der Waals surface area contributed by atoms with Crippen molar-refractivity contribution < 1.29 is 0 Å². The third-order valence-corrected chi connectivity index (χ3v) is 5.44. The number of hydrogen-bond acceptors (Lipinski definition) is 2. The third-order valence-electron chi connectivity index (χ3n) is 4.24. The Morgan fingerprint density at radius 3 is 2.36 bits per heavy atom. The molecule has 5 aromatic rings. The van der Waals surface area contributed by atoms with Crippen LogP contribution in [0.25, 0.3) is 41.8 Å². The fourth-order valence-electron chi connectivity index (χ4n) is 3.25. The van der Waals surface area contributed by atoms with E-state index in [1.54, 1.807) is 11.3 Å². The highest BCUT2D eigenvalue weighted by molar-refractivity contribution is 7.26. The number of aromatic amines is 1. The molecule has 0 unspecified atom stereocenters. The minimum Gasteiger partial charge on any atom is -0.321 e. The summed E-state index contributed by atoms with van der Waals surface area (Å²) in [5.41, 5.74) is 0.873. The van der Waals surface area contributed by atoms with Crippen LogP contribution in [0.1, 0.15) is 0 Å². The molecule has 3 heteroatoms. The Morgan fingerprint density at radius 2 is 1.45 bits per heavy atom. The first kappa shape index (κ1) is 12.0. The molecule has 22 heavy (non-hydrogen) atoms. The van der Waals surface area contributed by atoms with Crippen molar-refractivity contribution in [2.75, 3.05) is 0 Å². The van der Waals surface area contributed by atoms with E-state index in [-0.39, 0.29) is 5.56 Å². The zero-order valence-corrected chi connectivity index (χ0v) is 12.4. The van der Waals surface area contributed by atoms with Gasteiger partial charge in [-0.15, -0.1) is 11.3 Å². The lowest BCUT2D eigenvalue weighted by atomic mass is 10.0. The van der Waals surface area contributed by atoms with Gasteiger partial charge in [-0.25, -0.2) is 0 Å². The summed E-state index contributed by atoms with van der Waals surface area (Å²) in [6.07, 6.45) is 0. The summed E-state index contributed by atoms with van der Waals surface area (Å²) in [6, 6.07) is 20.4. The number of pyridine rings is 1. The largest absolute Gasteiger partial charge is 0.321 e. The van der Waals surface area contributed by atoms with Crippen LogP contribution in [-0.2, 0) is 0 Å². The Balaban J connectivity index is 2.18. The molecule has 2 nitrogen and oxygen atoms in total. The van der Waals surface area contributed by atoms with Gasteiger partial charge in [-0.3, -0.25) is 4.79 Å². The smallest absolute Gasteiger partial charge is 0.256 e. The molecule has 0 bridgehead atoms. The highest BCUT2D eigenvalue weighted by atomic mass is 32.1. The summed E-state index contributed by atoms with van der Waals surface area (Å²) in [5, 5.41) is 5.42. The highest BCUT2D eigenvalue weighted by Crippen LogP contribution is 2.39. The van der Waals surface area contributed by atoms with Gasteiger partial charge in [0.25, 0.3) is 5.56 Å². The first-order chi connectivity index (χ1) is 10.8. The zero-order chi connectivity index (χ0) is 14.7. The molecule has 0 aliphatic heterocycles. The molecule has 0 spiro atoms. The fourth-order valence-corrected chi connectivity index (χ4v) is 4.51. The normalized spacial score (nSPS) is 11.8. The van der Waals surface area contributed by atoms with Crippen LogP contribution in [0.4, 0.5) is 0 Å². The van der Waals surface area contributed by atoms with Crippen LogP contribution < -0.4 is 5.56 Å². The van der Waals surface area contributed by atoms with Crippen LogP contribution in [0.15, 0.2) is 65.5 Å². The van der Waals surface area contributed by atoms with E-state index in [1.165, 1.54) is 20.2 Å². The molecule has 3 aromatic carbocycles. The first-order valence-electron chi connectivity index (χ1n) is 7.18. The lowest BCUT2D eigenvalue weighted by Gasteiger charge is -2.04. The molecule has 0 atom stereocenters. The minimum atomic E-state index is -0.0203. The predicted octanol–water partition coefficient (Wildman–Crippen LogP) is 5.05. The average Bonchev–Trinajstić information content (AvgIpc) is 2.93. The number of H-pyrrole nitrogens is 1. The Morgan fingerprint density at radius 1 is 0.727 bits per heavy atom. The summed E-state index contributed by atoms with van der Waals surface area (Å²) in [7, 11) is 0. The number of nitrogens with one attached hydrogen (secondary N) is 1. The molecule has 1 N–H and O–H groups in total. The molecule has 0 radical (unpaired) electrons. The second-order valence-electron chi connectivity index (χ2n) is 5.46. The molecule has 0 saturated heterocycles. The van der Waals surface area contributed by atoms with Crippen molar-refractivity contribution in [1.82, 2.24) is 4.98 Å².